The fourth-order valence-electron chi connectivity index (χ4n) is 18.2. The van der Waals surface area contributed by atoms with Crippen LogP contribution < -0.4 is 22.9 Å². The zero-order chi connectivity index (χ0) is 103. The van der Waals surface area contributed by atoms with E-state index in [0.29, 0.717) is 24.4 Å². The van der Waals surface area contributed by atoms with Crippen molar-refractivity contribution < 1.29 is 173 Å². The van der Waals surface area contributed by atoms with Gasteiger partial charge < -0.3 is 160 Å². The first-order valence-electron chi connectivity index (χ1n) is 47.5. The van der Waals surface area contributed by atoms with E-state index in [4.69, 9.17) is 187 Å². The number of hydrogen-bond donors (Lipinski definition) is 5. The third-order valence-corrected chi connectivity index (χ3v) is 31.2. The van der Waals surface area contributed by atoms with Gasteiger partial charge in [-0.15, -0.1) is 0 Å². The minimum atomic E-state index is -4.12. The van der Waals surface area contributed by atoms with Crippen LogP contribution in [0.25, 0.3) is 0 Å². The summed E-state index contributed by atoms with van der Waals surface area (Å²) in [5.74, 6) is 1.06. The van der Waals surface area contributed by atoms with E-state index in [-0.39, 0.29) is 247 Å². The summed E-state index contributed by atoms with van der Waals surface area (Å²) in [5, 5.41) is 8.94. The Morgan fingerprint density at radius 2 is 0.533 bits per heavy atom. The first-order valence-corrected chi connectivity index (χ1v) is 52.6. The summed E-state index contributed by atoms with van der Waals surface area (Å²) in [4.78, 5) is 0. The number of nitrogens with two attached hydrogens (primary N) is 4. The molecule has 0 aromatic carbocycles. The Kier molecular flexibility index (Phi) is 59.8. The molecule has 9 saturated heterocycles. The summed E-state index contributed by atoms with van der Waals surface area (Å²) in [5.41, 5.74) is 22.4. The molecule has 0 bridgehead atoms. The van der Waals surface area contributed by atoms with Crippen molar-refractivity contribution in [3.63, 3.8) is 0 Å². The van der Waals surface area contributed by atoms with Crippen LogP contribution in [0.2, 0.25) is 0 Å². The van der Waals surface area contributed by atoms with Gasteiger partial charge in [0.1, 0.15) is 157 Å². The van der Waals surface area contributed by atoms with Gasteiger partial charge in [0, 0.05) is 112 Å². The number of ether oxygens (including phenoxy) is 23. The van der Waals surface area contributed by atoms with Crippen molar-refractivity contribution in [2.24, 2.45) is 22.9 Å². The zero-order valence-electron chi connectivity index (χ0n) is 87.6. The van der Waals surface area contributed by atoms with Crippen molar-refractivity contribution in [1.82, 2.24) is 4.67 Å². The van der Waals surface area contributed by atoms with Gasteiger partial charge in [-0.05, 0) is 122 Å². The zero-order valence-corrected chi connectivity index (χ0v) is 91.2. The predicted molar refractivity (Wildman–Crippen MR) is 514 cm³/mol. The third-order valence-electron chi connectivity index (χ3n) is 25.0. The van der Waals surface area contributed by atoms with Crippen molar-refractivity contribution in [3.05, 3.63) is 49.4 Å². The maximum atomic E-state index is 13.5. The van der Waals surface area contributed by atoms with Gasteiger partial charge in [-0.3, -0.25) is 27.1 Å². The highest BCUT2D eigenvalue weighted by Crippen LogP contribution is 2.58. The summed E-state index contributed by atoms with van der Waals surface area (Å²) < 4.78 is 222. The minimum absolute atomic E-state index is 0.00828. The Hall–Kier alpha value is -1.96. The molecular weight excluding hydrogens is 1880 g/mol. The Morgan fingerprint density at radius 3 is 0.796 bits per heavy atom. The van der Waals surface area contributed by atoms with Crippen LogP contribution in [-0.4, -0.2) is 394 Å². The Labute approximate surface area is 819 Å². The highest BCUT2D eigenvalue weighted by Gasteiger charge is 2.55. The van der Waals surface area contributed by atoms with Crippen LogP contribution in [0.15, 0.2) is 49.4 Å². The van der Waals surface area contributed by atoms with Crippen LogP contribution in [0.5, 0.6) is 0 Å². The van der Waals surface area contributed by atoms with Crippen molar-refractivity contribution in [1.29, 1.82) is 0 Å². The van der Waals surface area contributed by atoms with E-state index in [9.17, 15) is 9.13 Å². The number of aliphatic hydroxyl groups is 1. The molecule has 9 aliphatic rings. The van der Waals surface area contributed by atoms with Crippen molar-refractivity contribution in [2.45, 2.75) is 389 Å². The van der Waals surface area contributed by atoms with Gasteiger partial charge >= 0.3 is 32.8 Å². The number of hydrogen-bond acceptors (Lipinski definition) is 42. The third kappa shape index (κ3) is 35.9. The maximum absolute atomic E-state index is 13.5. The highest BCUT2D eigenvalue weighted by molar-refractivity contribution is 7.49. The molecule has 0 aliphatic carbocycles. The number of phosphoric acid groups is 2. The van der Waals surface area contributed by atoms with Crippen molar-refractivity contribution >= 4 is 32.8 Å². The van der Waals surface area contributed by atoms with Crippen LogP contribution in [0.1, 0.15) is 157 Å². The molecule has 9 N–H and O–H groups in total. The molecule has 40 atom stereocenters. The van der Waals surface area contributed by atoms with E-state index in [1.54, 1.807) is 99.5 Å². The van der Waals surface area contributed by atoms with E-state index in [1.807, 2.05) is 83.1 Å². The predicted octanol–water partition coefficient (Wildman–Crippen LogP) is 10.6. The molecule has 0 saturated carbocycles. The number of rotatable bonds is 52. The van der Waals surface area contributed by atoms with Gasteiger partial charge in [-0.1, -0.05) is 60.9 Å². The van der Waals surface area contributed by atoms with Gasteiger partial charge in [0.25, 0.3) is 0 Å². The van der Waals surface area contributed by atoms with E-state index in [1.165, 1.54) is 0 Å². The van der Waals surface area contributed by atoms with E-state index >= 15 is 0 Å². The summed E-state index contributed by atoms with van der Waals surface area (Å²) in [6.45, 7) is 51.3. The quantitative estimate of drug-likeness (QED) is 0.0279. The smallest absolute Gasteiger partial charge is 0.440 e. The topological polar surface area (TPSA) is 476 Å². The normalized spacial score (nSPS) is 37.4. The molecule has 42 nitrogen and oxygen atoms in total. The summed E-state index contributed by atoms with van der Waals surface area (Å²) in [7, 11) is 11.2. The van der Waals surface area contributed by atoms with Crippen LogP contribution in [0.3, 0.4) is 0 Å². The monoisotopic (exact) mass is 2060 g/mol. The van der Waals surface area contributed by atoms with Crippen LogP contribution in [-0.2, 0) is 168 Å². The molecule has 0 aromatic heterocycles. The number of methoxy groups -OCH3 is 14. The average molecular weight is 2060 g/mol. The Balaban J connectivity index is 0.000000353. The molecule has 9 rings (SSSR count). The lowest BCUT2D eigenvalue weighted by Gasteiger charge is -2.38. The second kappa shape index (κ2) is 64.3. The fourth-order valence-corrected chi connectivity index (χ4v) is 24.0. The largest absolute Gasteiger partial charge is 0.530 e. The van der Waals surface area contributed by atoms with E-state index in [2.05, 4.69) is 72.5 Å². The molecule has 9 aliphatic heterocycles. The van der Waals surface area contributed by atoms with Gasteiger partial charge in [-0.25, -0.2) is 13.8 Å². The number of aliphatic hydroxyl groups excluding tert-OH is 1. The molecule has 13 unspecified atom stereocenters. The van der Waals surface area contributed by atoms with Crippen LogP contribution in [0, 0.1) is 0 Å². The lowest BCUT2D eigenvalue weighted by Crippen LogP contribution is -2.39. The molecule has 0 radical (unpaired) electrons. The maximum Gasteiger partial charge on any atom is 0.530 e. The lowest BCUT2D eigenvalue weighted by molar-refractivity contribution is -0.0488. The molecule has 46 heteroatoms. The summed E-state index contributed by atoms with van der Waals surface area (Å²) in [6, 6.07) is 0.532. The standard InChI is InChI=1S/2C19H36NO9P.C19H36NO8P.C17H35N2O4P.C9H18O3.C8H16O4/c2*1-8-14-19(17(23-6)13(4)26-14)29-30(21,28-11(2)9-20)25-10-15-18(24-7)16(22-5)12(3)27-15;1-8-14-19(17(22-6)13(4)25-14)28-29(27-11(2)9-20)24-10-15-18(23-7)16(21-5)12(3)26-15;1-9-15-17(16(20-8)14(7)21-15)23-24(22-13(6)10-18)19(11(2)3)12(4)5;1-5-7-9(11-4)8(10-3)6(2)12-7;1-5-7(10-2)8(11-3)6(4-9)12-5/h2*12-19H,2,8-10,20H2,1,3-7H3;12-19H,2,8-10,20H2,1,3-7H3;11-12,14-17H,6,9-10,18H2,1-5,7-8H3;6-9H,5H2,1-4H3;5-9H,4H2,1-3H3/t2*12-,13-,14+,15+,16+,17+,18?,19?,30?;12-,13-,14+,15+,16+,17+,18?,19?,29?;14-,15+,16+,17?,24?;6-,7+,8+,9?;5-,6+,7+,8?/m000000/s1. The SMILES string of the molecule is C=C(CN)OP(=O)(OC[C@H]1O[C@@H](C)[C@@H](OC)C1OC)OC1[C@@H](CC)O[C@@H](C)[C@H]1OC.C=C(CN)OP(=O)(OC[C@H]1O[C@@H](C)[C@@H](OC)C1OC)OC1[C@@H](CC)O[C@@H](C)[C@H]1OC.C=C(CN)OP(OC1[C@@H](CC)O[C@@H](C)[C@H]1OC)N(C(C)C)C(C)C.C=C(CN)OP(OC[C@H]1O[C@@H](C)[C@@H](OC)C1OC)OC1[C@@H](CC)O[C@@H](C)[C@H]1OC.CC[C@H]1O[C@@H](C)[C@@H](OC)C1OC.COC1[C@@H](CO)O[C@@H](C)[C@H]1OC. The fraction of sp³-hybridized carbons (Fsp3) is 0.912. The number of nitrogens with zero attached hydrogens (tertiary/aromatic N) is 1. The molecule has 808 valence electrons. The molecule has 9 heterocycles. The van der Waals surface area contributed by atoms with Crippen LogP contribution >= 0.6 is 32.8 Å². The van der Waals surface area contributed by atoms with E-state index < -0.39 is 81.6 Å². The molecule has 137 heavy (non-hydrogen) atoms. The molecule has 9 fully saturated rings. The highest BCUT2D eigenvalue weighted by atomic mass is 31.2. The van der Waals surface area contributed by atoms with Crippen LogP contribution in [0.4, 0.5) is 0 Å². The second-order valence-electron chi connectivity index (χ2n) is 34.9. The average Bonchev–Trinajstić information content (AvgIpc) is 1.66. The van der Waals surface area contributed by atoms with Gasteiger partial charge in [0.05, 0.1) is 138 Å². The first kappa shape index (κ1) is 127. The van der Waals surface area contributed by atoms with Crippen molar-refractivity contribution in [3.8, 4) is 0 Å². The summed E-state index contributed by atoms with van der Waals surface area (Å²) >= 11 is 0. The van der Waals surface area contributed by atoms with Gasteiger partial charge in [-0.2, -0.15) is 0 Å². The molecular formula is C91H177N5O37P4. The Morgan fingerprint density at radius 1 is 0.314 bits per heavy atom. The molecule has 0 amide bonds. The Bertz CT molecular complexity index is 3310. The lowest BCUT2D eigenvalue weighted by atomic mass is 10.1. The van der Waals surface area contributed by atoms with E-state index in [0.717, 1.165) is 19.3 Å². The minimum Gasteiger partial charge on any atom is -0.440 e. The second-order valence-corrected chi connectivity index (χ2v) is 40.4. The number of phosphoric ester groups is 2. The molecule has 0 aromatic rings. The first-order chi connectivity index (χ1) is 65.1. The molecule has 0 spiro atoms. The van der Waals surface area contributed by atoms with Crippen molar-refractivity contribution in [2.75, 3.05) is 152 Å². The van der Waals surface area contributed by atoms with Gasteiger partial charge in [0.15, 0.2) is 0 Å². The van der Waals surface area contributed by atoms with Gasteiger partial charge in [0.2, 0.25) is 0 Å². The summed E-state index contributed by atoms with van der Waals surface area (Å²) in [6.07, 6.45) is -4.23.